The second-order valence-electron chi connectivity index (χ2n) is 2.91. The number of phosphoric acid groups is 1. The molecule has 0 fully saturated rings. The summed E-state index contributed by atoms with van der Waals surface area (Å²) >= 11 is 0. The van der Waals surface area contributed by atoms with Crippen LogP contribution in [0.3, 0.4) is 0 Å². The molecule has 8 nitrogen and oxygen atoms in total. The number of hydrogen-bond donors (Lipinski definition) is 3. The third kappa shape index (κ3) is 11.3. The fourth-order valence-corrected chi connectivity index (χ4v) is 0.971. The van der Waals surface area contributed by atoms with E-state index in [9.17, 15) is 9.36 Å². The molecule has 0 atom stereocenters. The van der Waals surface area contributed by atoms with E-state index in [1.165, 1.54) is 6.92 Å². The summed E-state index contributed by atoms with van der Waals surface area (Å²) in [6.07, 6.45) is 1.10. The number of phosphoric ester groups is 1. The first-order chi connectivity index (χ1) is 7.83. The lowest BCUT2D eigenvalue weighted by Crippen LogP contribution is -2.07. The Labute approximate surface area is 98.0 Å². The Balaban J connectivity index is 3.39. The Bertz CT molecular complexity index is 307. The minimum absolute atomic E-state index is 0.0100. The molecule has 0 rings (SSSR count). The number of rotatable bonds is 9. The van der Waals surface area contributed by atoms with E-state index in [4.69, 9.17) is 24.4 Å². The first-order valence-electron chi connectivity index (χ1n) is 4.62. The highest BCUT2D eigenvalue weighted by Gasteiger charge is 2.12. The Kier molecular flexibility index (Phi) is 7.77. The molecule has 0 aliphatic heterocycles. The van der Waals surface area contributed by atoms with Gasteiger partial charge in [-0.3, -0.25) is 4.52 Å². The van der Waals surface area contributed by atoms with E-state index in [0.29, 0.717) is 0 Å². The van der Waals surface area contributed by atoms with Gasteiger partial charge in [0.2, 0.25) is 0 Å². The average Bonchev–Trinajstić information content (AvgIpc) is 2.19. The molecule has 0 aromatic carbocycles. The highest BCUT2D eigenvalue weighted by Crippen LogP contribution is 2.35. The van der Waals surface area contributed by atoms with Crippen LogP contribution in [0.15, 0.2) is 11.8 Å². The summed E-state index contributed by atoms with van der Waals surface area (Å²) in [6, 6.07) is 0. The van der Waals surface area contributed by atoms with E-state index in [2.05, 4.69) is 4.52 Å². The van der Waals surface area contributed by atoms with Crippen molar-refractivity contribution in [1.82, 2.24) is 0 Å². The number of carboxylic acid groups (broad SMARTS) is 1. The van der Waals surface area contributed by atoms with Gasteiger partial charge in [0.25, 0.3) is 0 Å². The molecular weight excluding hydrogens is 255 g/mol. The zero-order valence-electron chi connectivity index (χ0n) is 9.24. The van der Waals surface area contributed by atoms with Crippen LogP contribution in [0, 0.1) is 0 Å². The van der Waals surface area contributed by atoms with Gasteiger partial charge in [-0.25, -0.2) is 9.36 Å². The normalized spacial score (nSPS) is 12.5. The predicted molar refractivity (Wildman–Crippen MR) is 56.2 cm³/mol. The zero-order chi connectivity index (χ0) is 13.3. The Morgan fingerprint density at radius 1 is 1.24 bits per heavy atom. The summed E-state index contributed by atoms with van der Waals surface area (Å²) in [4.78, 5) is 27.0. The molecule has 0 saturated carbocycles. The van der Waals surface area contributed by atoms with E-state index in [1.54, 1.807) is 0 Å². The SMILES string of the molecule is CC(=COCCOCCOP(=O)(O)O)C(=O)O. The maximum absolute atomic E-state index is 10.3. The Hall–Kier alpha value is -0.920. The van der Waals surface area contributed by atoms with Crippen molar-refractivity contribution in [3.8, 4) is 0 Å². The minimum atomic E-state index is -4.44. The van der Waals surface area contributed by atoms with Crippen LogP contribution in [0.4, 0.5) is 0 Å². The fraction of sp³-hybridized carbons (Fsp3) is 0.625. The fourth-order valence-electron chi connectivity index (χ4n) is 0.659. The smallest absolute Gasteiger partial charge is 0.469 e. The third-order valence-electron chi connectivity index (χ3n) is 1.43. The molecule has 17 heavy (non-hydrogen) atoms. The summed E-state index contributed by atoms with van der Waals surface area (Å²) in [5.74, 6) is -1.07. The molecular formula is C8H15O8P. The molecule has 0 amide bonds. The van der Waals surface area contributed by atoms with E-state index in [1.807, 2.05) is 0 Å². The van der Waals surface area contributed by atoms with Crippen LogP contribution in [0.25, 0.3) is 0 Å². The van der Waals surface area contributed by atoms with E-state index in [-0.39, 0.29) is 32.0 Å². The quantitative estimate of drug-likeness (QED) is 0.233. The maximum Gasteiger partial charge on any atom is 0.469 e. The first kappa shape index (κ1) is 16.1. The topological polar surface area (TPSA) is 123 Å². The van der Waals surface area contributed by atoms with Gasteiger partial charge in [0, 0.05) is 0 Å². The molecule has 0 aliphatic carbocycles. The molecule has 0 aromatic rings. The van der Waals surface area contributed by atoms with Gasteiger partial charge in [-0.1, -0.05) is 0 Å². The molecule has 0 saturated heterocycles. The number of ether oxygens (including phenoxy) is 2. The van der Waals surface area contributed by atoms with Gasteiger partial charge in [0.1, 0.15) is 6.61 Å². The number of carboxylic acids is 1. The molecule has 0 heterocycles. The molecule has 0 unspecified atom stereocenters. The van der Waals surface area contributed by atoms with E-state index < -0.39 is 13.8 Å². The summed E-state index contributed by atoms with van der Waals surface area (Å²) in [7, 11) is -4.44. The highest BCUT2D eigenvalue weighted by atomic mass is 31.2. The van der Waals surface area contributed by atoms with Gasteiger partial charge in [-0.15, -0.1) is 0 Å². The van der Waals surface area contributed by atoms with Crippen LogP contribution in [-0.2, 0) is 23.4 Å². The monoisotopic (exact) mass is 270 g/mol. The van der Waals surface area contributed by atoms with Crippen molar-refractivity contribution in [2.45, 2.75) is 6.92 Å². The maximum atomic E-state index is 10.3. The lowest BCUT2D eigenvalue weighted by molar-refractivity contribution is -0.132. The van der Waals surface area contributed by atoms with Crippen molar-refractivity contribution in [3.63, 3.8) is 0 Å². The standard InChI is InChI=1S/C8H15O8P/c1-7(8(9)10)6-15-3-2-14-4-5-16-17(11,12)13/h6H,2-5H2,1H3,(H,9,10)(H2,11,12,13). The number of hydrogen-bond acceptors (Lipinski definition) is 5. The van der Waals surface area contributed by atoms with Gasteiger partial charge in [0.05, 0.1) is 31.7 Å². The Morgan fingerprint density at radius 3 is 2.35 bits per heavy atom. The van der Waals surface area contributed by atoms with Gasteiger partial charge < -0.3 is 24.4 Å². The second-order valence-corrected chi connectivity index (χ2v) is 4.15. The van der Waals surface area contributed by atoms with Crippen molar-refractivity contribution < 1.29 is 38.3 Å². The van der Waals surface area contributed by atoms with Gasteiger partial charge in [-0.2, -0.15) is 0 Å². The van der Waals surface area contributed by atoms with Crippen molar-refractivity contribution in [2.24, 2.45) is 0 Å². The van der Waals surface area contributed by atoms with Crippen LogP contribution >= 0.6 is 7.82 Å². The molecule has 0 aromatic heterocycles. The lowest BCUT2D eigenvalue weighted by atomic mass is 10.3. The van der Waals surface area contributed by atoms with Crippen molar-refractivity contribution >= 4 is 13.8 Å². The lowest BCUT2D eigenvalue weighted by Gasteiger charge is -2.06. The minimum Gasteiger partial charge on any atom is -0.498 e. The summed E-state index contributed by atoms with van der Waals surface area (Å²) in [5.41, 5.74) is 0.0647. The molecule has 0 spiro atoms. The highest BCUT2D eigenvalue weighted by molar-refractivity contribution is 7.46. The summed E-state index contributed by atoms with van der Waals surface area (Å²) in [5, 5.41) is 8.46. The van der Waals surface area contributed by atoms with E-state index in [0.717, 1.165) is 6.26 Å². The van der Waals surface area contributed by atoms with Crippen molar-refractivity contribution in [1.29, 1.82) is 0 Å². The molecule has 0 bridgehead atoms. The van der Waals surface area contributed by atoms with Crippen LogP contribution in [0.1, 0.15) is 6.92 Å². The van der Waals surface area contributed by atoms with Crippen LogP contribution in [0.5, 0.6) is 0 Å². The van der Waals surface area contributed by atoms with Crippen molar-refractivity contribution in [3.05, 3.63) is 11.8 Å². The van der Waals surface area contributed by atoms with Crippen LogP contribution < -0.4 is 0 Å². The Morgan fingerprint density at radius 2 is 1.82 bits per heavy atom. The van der Waals surface area contributed by atoms with Gasteiger partial charge >= 0.3 is 13.8 Å². The van der Waals surface area contributed by atoms with Crippen LogP contribution in [-0.4, -0.2) is 47.3 Å². The van der Waals surface area contributed by atoms with Crippen molar-refractivity contribution in [2.75, 3.05) is 26.4 Å². The molecule has 100 valence electrons. The van der Waals surface area contributed by atoms with Gasteiger partial charge in [0.15, 0.2) is 0 Å². The zero-order valence-corrected chi connectivity index (χ0v) is 10.1. The first-order valence-corrected chi connectivity index (χ1v) is 6.15. The van der Waals surface area contributed by atoms with Crippen LogP contribution in [0.2, 0.25) is 0 Å². The number of aliphatic carboxylic acids is 1. The number of carbonyl (C=O) groups is 1. The van der Waals surface area contributed by atoms with E-state index >= 15 is 0 Å². The summed E-state index contributed by atoms with van der Waals surface area (Å²) in [6.45, 7) is 1.47. The average molecular weight is 270 g/mol. The predicted octanol–water partition coefficient (Wildman–Crippen LogP) is 0.117. The van der Waals surface area contributed by atoms with Gasteiger partial charge in [-0.05, 0) is 6.92 Å². The molecule has 0 radical (unpaired) electrons. The molecule has 9 heteroatoms. The molecule has 3 N–H and O–H groups in total. The largest absolute Gasteiger partial charge is 0.498 e. The molecule has 0 aliphatic rings. The second kappa shape index (κ2) is 8.21. The summed E-state index contributed by atoms with van der Waals surface area (Å²) < 4.78 is 24.1. The third-order valence-corrected chi connectivity index (χ3v) is 1.95.